The molecule has 1 fully saturated rings. The summed E-state index contributed by atoms with van der Waals surface area (Å²) in [4.78, 5) is 26.1. The maximum absolute atomic E-state index is 11.9. The number of aromatic nitrogens is 2. The smallest absolute Gasteiger partial charge is 0.330 e. The molecule has 0 radical (unpaired) electrons. The Bertz CT molecular complexity index is 643. The molecule has 0 aromatic carbocycles. The van der Waals surface area contributed by atoms with Gasteiger partial charge in [0.1, 0.15) is 6.23 Å². The molecule has 22 heavy (non-hydrogen) atoms. The molecule has 0 amide bonds. The summed E-state index contributed by atoms with van der Waals surface area (Å²) in [5.74, 6) is 0. The zero-order chi connectivity index (χ0) is 16.1. The quantitative estimate of drug-likeness (QED) is 0.517. The van der Waals surface area contributed by atoms with Gasteiger partial charge in [0.2, 0.25) is 0 Å². The van der Waals surface area contributed by atoms with Gasteiger partial charge in [0.15, 0.2) is 0 Å². The van der Waals surface area contributed by atoms with Gasteiger partial charge in [-0.15, -0.1) is 0 Å². The first kappa shape index (κ1) is 16.7. The van der Waals surface area contributed by atoms with Crippen molar-refractivity contribution in [2.45, 2.75) is 45.6 Å². The van der Waals surface area contributed by atoms with E-state index in [-0.39, 0.29) is 18.3 Å². The summed E-state index contributed by atoms with van der Waals surface area (Å²) < 4.78 is 6.99. The van der Waals surface area contributed by atoms with Crippen LogP contribution >= 0.6 is 0 Å². The van der Waals surface area contributed by atoms with Crippen LogP contribution in [0.2, 0.25) is 0 Å². The lowest BCUT2D eigenvalue weighted by Gasteiger charge is -2.15. The lowest BCUT2D eigenvalue weighted by atomic mass is 10.2. The highest BCUT2D eigenvalue weighted by atomic mass is 16.5. The van der Waals surface area contributed by atoms with Gasteiger partial charge in [-0.2, -0.15) is 0 Å². The number of allylic oxidation sites excluding steroid dienone is 1. The zero-order valence-electron chi connectivity index (χ0n) is 13.0. The minimum Gasteiger partial charge on any atom is -0.394 e. The Labute approximate surface area is 128 Å². The number of nitrogens with one attached hydrogen (secondary N) is 2. The van der Waals surface area contributed by atoms with Crippen LogP contribution in [0.15, 0.2) is 27.4 Å². The fourth-order valence-corrected chi connectivity index (χ4v) is 2.38. The number of aliphatic hydroxyl groups excluding tert-OH is 1. The van der Waals surface area contributed by atoms with Gasteiger partial charge in [-0.1, -0.05) is 11.6 Å². The molecule has 122 valence electrons. The fourth-order valence-electron chi connectivity index (χ4n) is 2.38. The number of aromatic amines is 1. The number of hydrogen-bond acceptors (Lipinski definition) is 5. The summed E-state index contributed by atoms with van der Waals surface area (Å²) in [6.07, 6.45) is 4.22. The SMILES string of the molecule is CC(C)=CCNCc1cn([C@H]2CCC(CO)O2)c(=O)[nH]c1=O. The maximum Gasteiger partial charge on any atom is 0.330 e. The normalized spacial score (nSPS) is 21.0. The van der Waals surface area contributed by atoms with Crippen LogP contribution < -0.4 is 16.6 Å². The van der Waals surface area contributed by atoms with Gasteiger partial charge in [0.05, 0.1) is 12.7 Å². The van der Waals surface area contributed by atoms with Crippen molar-refractivity contribution in [3.8, 4) is 0 Å². The van der Waals surface area contributed by atoms with Crippen molar-refractivity contribution in [3.05, 3.63) is 44.2 Å². The minimum absolute atomic E-state index is 0.0638. The first-order chi connectivity index (χ1) is 10.5. The molecule has 0 bridgehead atoms. The third-order valence-electron chi connectivity index (χ3n) is 3.61. The van der Waals surface area contributed by atoms with Crippen molar-refractivity contribution in [2.75, 3.05) is 13.2 Å². The number of rotatable bonds is 6. The summed E-state index contributed by atoms with van der Waals surface area (Å²) in [5, 5.41) is 12.2. The molecule has 7 heteroatoms. The molecule has 0 spiro atoms. The van der Waals surface area contributed by atoms with Gasteiger partial charge in [-0.25, -0.2) is 4.79 Å². The van der Waals surface area contributed by atoms with Crippen LogP contribution in [0, 0.1) is 0 Å². The van der Waals surface area contributed by atoms with Gasteiger partial charge in [-0.3, -0.25) is 14.3 Å². The average Bonchev–Trinajstić information content (AvgIpc) is 2.94. The molecular formula is C15H23N3O4. The molecule has 1 saturated heterocycles. The van der Waals surface area contributed by atoms with E-state index in [1.54, 1.807) is 6.20 Å². The molecule has 1 aromatic heterocycles. The van der Waals surface area contributed by atoms with Crippen LogP contribution in [0.5, 0.6) is 0 Å². The Morgan fingerprint density at radius 3 is 2.91 bits per heavy atom. The molecule has 1 aliphatic rings. The van der Waals surface area contributed by atoms with Gasteiger partial charge in [-0.05, 0) is 26.7 Å². The standard InChI is InChI=1S/C15H23N3O4/c1-10(2)5-6-16-7-11-8-18(15(21)17-14(11)20)13-4-3-12(9-19)22-13/h5,8,12-13,16,19H,3-4,6-7,9H2,1-2H3,(H,17,20,21)/t12?,13-/m1/s1. The van der Waals surface area contributed by atoms with E-state index in [1.807, 2.05) is 19.9 Å². The van der Waals surface area contributed by atoms with E-state index in [9.17, 15) is 9.59 Å². The van der Waals surface area contributed by atoms with Gasteiger partial charge in [0.25, 0.3) is 5.56 Å². The highest BCUT2D eigenvalue weighted by Gasteiger charge is 2.27. The summed E-state index contributed by atoms with van der Waals surface area (Å²) in [7, 11) is 0. The van der Waals surface area contributed by atoms with E-state index in [4.69, 9.17) is 9.84 Å². The monoisotopic (exact) mass is 309 g/mol. The Morgan fingerprint density at radius 2 is 2.27 bits per heavy atom. The van der Waals surface area contributed by atoms with Crippen LogP contribution in [-0.2, 0) is 11.3 Å². The Hall–Kier alpha value is -1.70. The third-order valence-corrected chi connectivity index (χ3v) is 3.61. The largest absolute Gasteiger partial charge is 0.394 e. The molecule has 0 saturated carbocycles. The lowest BCUT2D eigenvalue weighted by Crippen LogP contribution is -2.35. The molecule has 1 unspecified atom stereocenters. The van der Waals surface area contributed by atoms with Crippen molar-refractivity contribution >= 4 is 0 Å². The number of nitrogens with zero attached hydrogens (tertiary/aromatic N) is 1. The van der Waals surface area contributed by atoms with Crippen molar-refractivity contribution in [1.29, 1.82) is 0 Å². The molecule has 3 N–H and O–H groups in total. The van der Waals surface area contributed by atoms with Crippen LogP contribution in [0.1, 0.15) is 38.5 Å². The second-order valence-corrected chi connectivity index (χ2v) is 5.71. The molecule has 0 aliphatic carbocycles. The Morgan fingerprint density at radius 1 is 1.50 bits per heavy atom. The van der Waals surface area contributed by atoms with E-state index in [1.165, 1.54) is 10.1 Å². The van der Waals surface area contributed by atoms with Crippen molar-refractivity contribution in [3.63, 3.8) is 0 Å². The number of ether oxygens (including phenoxy) is 1. The van der Waals surface area contributed by atoms with E-state index in [2.05, 4.69) is 10.3 Å². The van der Waals surface area contributed by atoms with Crippen LogP contribution in [0.3, 0.4) is 0 Å². The fraction of sp³-hybridized carbons (Fsp3) is 0.600. The van der Waals surface area contributed by atoms with Crippen LogP contribution in [0.25, 0.3) is 0 Å². The second-order valence-electron chi connectivity index (χ2n) is 5.71. The third kappa shape index (κ3) is 4.16. The molecule has 2 heterocycles. The van der Waals surface area contributed by atoms with E-state index in [0.717, 1.165) is 0 Å². The lowest BCUT2D eigenvalue weighted by molar-refractivity contribution is -0.0247. The Kier molecular flexibility index (Phi) is 5.70. The van der Waals surface area contributed by atoms with Gasteiger partial charge >= 0.3 is 5.69 Å². The molecule has 7 nitrogen and oxygen atoms in total. The highest BCUT2D eigenvalue weighted by Crippen LogP contribution is 2.26. The first-order valence-corrected chi connectivity index (χ1v) is 7.46. The van der Waals surface area contributed by atoms with Crippen LogP contribution in [-0.4, -0.2) is 33.9 Å². The minimum atomic E-state index is -0.485. The number of H-pyrrole nitrogens is 1. The van der Waals surface area contributed by atoms with Crippen molar-refractivity contribution < 1.29 is 9.84 Å². The van der Waals surface area contributed by atoms with E-state index in [0.29, 0.717) is 31.5 Å². The molecule has 1 aromatic rings. The number of aliphatic hydroxyl groups is 1. The van der Waals surface area contributed by atoms with E-state index >= 15 is 0 Å². The van der Waals surface area contributed by atoms with Gasteiger partial charge < -0.3 is 15.2 Å². The van der Waals surface area contributed by atoms with Crippen LogP contribution in [0.4, 0.5) is 0 Å². The van der Waals surface area contributed by atoms with Crippen molar-refractivity contribution in [2.24, 2.45) is 0 Å². The molecule has 2 rings (SSSR count). The number of hydrogen-bond donors (Lipinski definition) is 3. The van der Waals surface area contributed by atoms with E-state index < -0.39 is 11.9 Å². The molecular weight excluding hydrogens is 286 g/mol. The summed E-state index contributed by atoms with van der Waals surface area (Å²) in [6.45, 7) is 4.97. The molecule has 2 atom stereocenters. The predicted molar refractivity (Wildman–Crippen MR) is 82.7 cm³/mol. The zero-order valence-corrected chi connectivity index (χ0v) is 13.0. The second kappa shape index (κ2) is 7.53. The summed E-state index contributed by atoms with van der Waals surface area (Å²) >= 11 is 0. The predicted octanol–water partition coefficient (Wildman–Crippen LogP) is 0.262. The highest BCUT2D eigenvalue weighted by molar-refractivity contribution is 5.05. The Balaban J connectivity index is 2.12. The topological polar surface area (TPSA) is 96.3 Å². The maximum atomic E-state index is 11.9. The first-order valence-electron chi connectivity index (χ1n) is 7.46. The summed E-state index contributed by atoms with van der Waals surface area (Å²) in [6, 6.07) is 0. The molecule has 1 aliphatic heterocycles. The van der Waals surface area contributed by atoms with Crippen molar-refractivity contribution in [1.82, 2.24) is 14.9 Å². The summed E-state index contributed by atoms with van der Waals surface area (Å²) in [5.41, 5.74) is 0.808. The average molecular weight is 309 g/mol. The van der Waals surface area contributed by atoms with Gasteiger partial charge in [0, 0.05) is 24.8 Å².